The van der Waals surface area contributed by atoms with E-state index in [0.29, 0.717) is 19.0 Å². The third-order valence-electron chi connectivity index (χ3n) is 3.33. The van der Waals surface area contributed by atoms with Crippen LogP contribution in [-0.2, 0) is 15.8 Å². The van der Waals surface area contributed by atoms with E-state index in [9.17, 15) is 8.42 Å². The normalized spacial score (nSPS) is 16.4. The van der Waals surface area contributed by atoms with Crippen molar-refractivity contribution in [2.75, 3.05) is 18.4 Å². The van der Waals surface area contributed by atoms with Crippen LogP contribution >= 0.6 is 0 Å². The van der Waals surface area contributed by atoms with Gasteiger partial charge in [0.15, 0.2) is 0 Å². The molecule has 1 aromatic carbocycles. The fourth-order valence-corrected chi connectivity index (χ4v) is 3.80. The number of aromatic nitrogens is 2. The predicted molar refractivity (Wildman–Crippen MR) is 80.1 cm³/mol. The number of rotatable bonds is 5. The number of nitrogens with one attached hydrogen (secondary N) is 1. The van der Waals surface area contributed by atoms with Crippen molar-refractivity contribution >= 4 is 16.0 Å². The average Bonchev–Trinajstić information content (AvgIpc) is 2.44. The van der Waals surface area contributed by atoms with E-state index in [4.69, 9.17) is 0 Å². The minimum atomic E-state index is -3.25. The molecule has 0 unspecified atom stereocenters. The highest BCUT2D eigenvalue weighted by atomic mass is 32.2. The lowest BCUT2D eigenvalue weighted by Crippen LogP contribution is -2.57. The van der Waals surface area contributed by atoms with Crippen LogP contribution in [0.15, 0.2) is 48.8 Å². The quantitative estimate of drug-likeness (QED) is 0.895. The molecule has 2 aromatic rings. The summed E-state index contributed by atoms with van der Waals surface area (Å²) in [6.07, 6.45) is 3.30. The number of anilines is 1. The average molecular weight is 304 g/mol. The van der Waals surface area contributed by atoms with Crippen LogP contribution in [0.1, 0.15) is 5.56 Å². The second-order valence-electron chi connectivity index (χ2n) is 4.97. The summed E-state index contributed by atoms with van der Waals surface area (Å²) < 4.78 is 26.0. The molecule has 1 aliphatic heterocycles. The van der Waals surface area contributed by atoms with Crippen LogP contribution in [0.2, 0.25) is 0 Å². The first-order valence-corrected chi connectivity index (χ1v) is 8.30. The van der Waals surface area contributed by atoms with Gasteiger partial charge in [-0.3, -0.25) is 0 Å². The topological polar surface area (TPSA) is 75.2 Å². The Morgan fingerprint density at radius 3 is 2.43 bits per heavy atom. The minimum Gasteiger partial charge on any atom is -0.349 e. The van der Waals surface area contributed by atoms with Crippen molar-refractivity contribution in [3.8, 4) is 0 Å². The van der Waals surface area contributed by atoms with E-state index in [2.05, 4.69) is 15.3 Å². The van der Waals surface area contributed by atoms with Gasteiger partial charge in [-0.25, -0.2) is 18.4 Å². The Kier molecular flexibility index (Phi) is 3.85. The van der Waals surface area contributed by atoms with Gasteiger partial charge in [0.25, 0.3) is 0 Å². The zero-order chi connectivity index (χ0) is 14.7. The number of hydrogen-bond acceptors (Lipinski definition) is 5. The van der Waals surface area contributed by atoms with Crippen LogP contribution in [0, 0.1) is 0 Å². The molecular formula is C14H16N4O2S. The van der Waals surface area contributed by atoms with Crippen molar-refractivity contribution in [3.05, 3.63) is 54.4 Å². The fraction of sp³-hybridized carbons (Fsp3) is 0.286. The molecule has 0 spiro atoms. The number of sulfonamides is 1. The maximum Gasteiger partial charge on any atom is 0.222 e. The second-order valence-corrected chi connectivity index (χ2v) is 6.94. The Morgan fingerprint density at radius 2 is 1.76 bits per heavy atom. The lowest BCUT2D eigenvalue weighted by atomic mass is 10.2. The summed E-state index contributed by atoms with van der Waals surface area (Å²) in [7, 11) is -3.25. The number of hydrogen-bond donors (Lipinski definition) is 1. The molecular weight excluding hydrogens is 288 g/mol. The summed E-state index contributed by atoms with van der Waals surface area (Å²) in [4.78, 5) is 8.13. The van der Waals surface area contributed by atoms with Gasteiger partial charge in [0.05, 0.1) is 11.8 Å². The summed E-state index contributed by atoms with van der Waals surface area (Å²) in [5.41, 5.74) is 0.806. The molecule has 1 fully saturated rings. The highest BCUT2D eigenvalue weighted by Gasteiger charge is 2.35. The maximum atomic E-state index is 12.2. The van der Waals surface area contributed by atoms with E-state index in [1.165, 1.54) is 4.31 Å². The van der Waals surface area contributed by atoms with Crippen LogP contribution in [0.25, 0.3) is 0 Å². The van der Waals surface area contributed by atoms with Gasteiger partial charge in [-0.1, -0.05) is 30.3 Å². The minimum absolute atomic E-state index is 0.0440. The molecule has 1 aromatic heterocycles. The maximum absolute atomic E-state index is 12.2. The van der Waals surface area contributed by atoms with Gasteiger partial charge in [0, 0.05) is 25.5 Å². The van der Waals surface area contributed by atoms with Crippen LogP contribution < -0.4 is 5.32 Å². The second kappa shape index (κ2) is 5.79. The number of benzene rings is 1. The first kappa shape index (κ1) is 14.0. The monoisotopic (exact) mass is 304 g/mol. The molecule has 1 N–H and O–H groups in total. The zero-order valence-corrected chi connectivity index (χ0v) is 12.2. The molecule has 21 heavy (non-hydrogen) atoms. The van der Waals surface area contributed by atoms with Crippen LogP contribution in [0.4, 0.5) is 5.95 Å². The van der Waals surface area contributed by atoms with E-state index in [1.807, 2.05) is 30.3 Å². The van der Waals surface area contributed by atoms with Crippen molar-refractivity contribution in [1.29, 1.82) is 0 Å². The smallest absolute Gasteiger partial charge is 0.222 e. The van der Waals surface area contributed by atoms with Crippen molar-refractivity contribution in [2.45, 2.75) is 11.8 Å². The summed E-state index contributed by atoms with van der Waals surface area (Å²) in [5.74, 6) is 0.574. The molecule has 0 amide bonds. The van der Waals surface area contributed by atoms with Crippen molar-refractivity contribution in [3.63, 3.8) is 0 Å². The van der Waals surface area contributed by atoms with E-state index in [0.717, 1.165) is 5.56 Å². The fourth-order valence-electron chi connectivity index (χ4n) is 2.19. The molecule has 0 aliphatic carbocycles. The van der Waals surface area contributed by atoms with E-state index in [-0.39, 0.29) is 11.8 Å². The molecule has 7 heteroatoms. The van der Waals surface area contributed by atoms with Gasteiger partial charge in [-0.05, 0) is 11.6 Å². The van der Waals surface area contributed by atoms with Crippen LogP contribution in [0.5, 0.6) is 0 Å². The summed E-state index contributed by atoms with van der Waals surface area (Å²) in [6, 6.07) is 11.0. The molecule has 6 nitrogen and oxygen atoms in total. The first-order chi connectivity index (χ1) is 10.1. The van der Waals surface area contributed by atoms with Gasteiger partial charge in [0.1, 0.15) is 0 Å². The van der Waals surface area contributed by atoms with Gasteiger partial charge >= 0.3 is 0 Å². The first-order valence-electron chi connectivity index (χ1n) is 6.69. The Bertz CT molecular complexity index is 685. The van der Waals surface area contributed by atoms with Crippen LogP contribution in [0.3, 0.4) is 0 Å². The van der Waals surface area contributed by atoms with Gasteiger partial charge < -0.3 is 5.32 Å². The van der Waals surface area contributed by atoms with Crippen LogP contribution in [-0.4, -0.2) is 41.8 Å². The third-order valence-corrected chi connectivity index (χ3v) is 5.12. The molecule has 0 bridgehead atoms. The largest absolute Gasteiger partial charge is 0.349 e. The zero-order valence-electron chi connectivity index (χ0n) is 11.4. The SMILES string of the molecule is O=S(=O)(Cc1ccccc1)N1CC(Nc2ncccn2)C1. The Hall–Kier alpha value is -1.99. The lowest BCUT2D eigenvalue weighted by molar-refractivity contribution is 0.279. The molecule has 0 saturated carbocycles. The highest BCUT2D eigenvalue weighted by Crippen LogP contribution is 2.19. The standard InChI is InChI=1S/C14H16N4O2S/c19-21(20,11-12-5-2-1-3-6-12)18-9-13(10-18)17-14-15-7-4-8-16-14/h1-8,13H,9-11H2,(H,15,16,17). The summed E-state index contributed by atoms with van der Waals surface area (Å²) >= 11 is 0. The van der Waals surface area contributed by atoms with E-state index in [1.54, 1.807) is 18.5 Å². The Labute approximate surface area is 123 Å². The van der Waals surface area contributed by atoms with E-state index < -0.39 is 10.0 Å². The molecule has 3 rings (SSSR count). The highest BCUT2D eigenvalue weighted by molar-refractivity contribution is 7.88. The summed E-state index contributed by atoms with van der Waals surface area (Å²) in [6.45, 7) is 0.904. The summed E-state index contributed by atoms with van der Waals surface area (Å²) in [5, 5.41) is 3.12. The molecule has 0 radical (unpaired) electrons. The van der Waals surface area contributed by atoms with Gasteiger partial charge in [-0.15, -0.1) is 0 Å². The van der Waals surface area contributed by atoms with Crippen molar-refractivity contribution < 1.29 is 8.42 Å². The molecule has 110 valence electrons. The number of nitrogens with zero attached hydrogens (tertiary/aromatic N) is 3. The molecule has 1 saturated heterocycles. The lowest BCUT2D eigenvalue weighted by Gasteiger charge is -2.38. The van der Waals surface area contributed by atoms with Crippen molar-refractivity contribution in [2.24, 2.45) is 0 Å². The Balaban J connectivity index is 1.55. The predicted octanol–water partition coefficient (Wildman–Crippen LogP) is 1.10. The third kappa shape index (κ3) is 3.37. The van der Waals surface area contributed by atoms with Gasteiger partial charge in [0.2, 0.25) is 16.0 Å². The van der Waals surface area contributed by atoms with E-state index >= 15 is 0 Å². The van der Waals surface area contributed by atoms with Gasteiger partial charge in [-0.2, -0.15) is 4.31 Å². The molecule has 0 atom stereocenters. The van der Waals surface area contributed by atoms with Crippen molar-refractivity contribution in [1.82, 2.24) is 14.3 Å². The Morgan fingerprint density at radius 1 is 1.10 bits per heavy atom. The molecule has 1 aliphatic rings. The molecule has 2 heterocycles.